The van der Waals surface area contributed by atoms with Gasteiger partial charge in [-0.2, -0.15) is 0 Å². The number of aromatic nitrogens is 2. The Morgan fingerprint density at radius 2 is 1.94 bits per heavy atom. The van der Waals surface area contributed by atoms with Crippen LogP contribution in [0, 0.1) is 17.2 Å². The highest BCUT2D eigenvalue weighted by atomic mass is 79.9. The number of nitrogens with two attached hydrogens (primary N) is 1. The number of hydrogen-bond donors (Lipinski definition) is 2. The first-order valence-corrected chi connectivity index (χ1v) is 10.4. The second-order valence-electron chi connectivity index (χ2n) is 8.15. The number of carbonyl (C=O) groups is 1. The highest BCUT2D eigenvalue weighted by molar-refractivity contribution is 9.10. The zero-order valence-corrected chi connectivity index (χ0v) is 19.0. The molecule has 0 spiro atoms. The van der Waals surface area contributed by atoms with Gasteiger partial charge in [-0.25, -0.2) is 14.0 Å². The van der Waals surface area contributed by atoms with E-state index in [1.165, 1.54) is 18.2 Å². The molecule has 1 unspecified atom stereocenters. The third-order valence-electron chi connectivity index (χ3n) is 4.77. The molecule has 1 amide bonds. The topological polar surface area (TPSA) is 106 Å². The summed E-state index contributed by atoms with van der Waals surface area (Å²) in [4.78, 5) is 17.3. The van der Waals surface area contributed by atoms with E-state index >= 15 is 0 Å². The molecule has 0 aliphatic heterocycles. The second-order valence-corrected chi connectivity index (χ2v) is 9.01. The van der Waals surface area contributed by atoms with Crippen molar-refractivity contribution in [3.63, 3.8) is 0 Å². The van der Waals surface area contributed by atoms with Crippen molar-refractivity contribution in [1.82, 2.24) is 10.3 Å². The summed E-state index contributed by atoms with van der Waals surface area (Å²) in [5.74, 6) is -0.934. The van der Waals surface area contributed by atoms with Gasteiger partial charge in [0.25, 0.3) is 0 Å². The summed E-state index contributed by atoms with van der Waals surface area (Å²) >= 11 is 3.10. The van der Waals surface area contributed by atoms with Crippen molar-refractivity contribution in [3.8, 4) is 0 Å². The number of hydrogen-bond acceptors (Lipinski definition) is 5. The van der Waals surface area contributed by atoms with E-state index in [-0.39, 0.29) is 39.1 Å². The fraction of sp³-hybridized carbons (Fsp3) is 0.273. The Balaban J connectivity index is 1.82. The standard InChI is InChI=1S/C22H23BrFN5O2/c1-22(2,3)15(11-13-7-5-4-6-8-13)21(30)27-20-18(28-31-29-20)19(25)26-14-9-10-17(24)16(23)12-14/h4-10,12,15H,11H2,1-3H3,(H2,25,26)(H,27,29,30). The van der Waals surface area contributed by atoms with Gasteiger partial charge in [-0.15, -0.1) is 0 Å². The predicted octanol–water partition coefficient (Wildman–Crippen LogP) is 4.85. The van der Waals surface area contributed by atoms with Gasteiger partial charge in [-0.05, 0) is 61.8 Å². The van der Waals surface area contributed by atoms with E-state index < -0.39 is 5.82 Å². The molecule has 2 aromatic carbocycles. The van der Waals surface area contributed by atoms with Crippen LogP contribution in [0.15, 0.2) is 62.6 Å². The largest absolute Gasteiger partial charge is 0.382 e. The lowest BCUT2D eigenvalue weighted by Crippen LogP contribution is -2.35. The number of benzene rings is 2. The maximum Gasteiger partial charge on any atom is 0.229 e. The van der Waals surface area contributed by atoms with Crippen molar-refractivity contribution in [2.45, 2.75) is 27.2 Å². The monoisotopic (exact) mass is 487 g/mol. The fourth-order valence-corrected chi connectivity index (χ4v) is 3.40. The number of rotatable bonds is 6. The molecular weight excluding hydrogens is 465 g/mol. The van der Waals surface area contributed by atoms with Crippen LogP contribution in [0.2, 0.25) is 0 Å². The van der Waals surface area contributed by atoms with Gasteiger partial charge in [-0.1, -0.05) is 51.1 Å². The van der Waals surface area contributed by atoms with E-state index in [2.05, 4.69) is 36.6 Å². The van der Waals surface area contributed by atoms with Gasteiger partial charge >= 0.3 is 0 Å². The molecule has 3 N–H and O–H groups in total. The molecule has 1 heterocycles. The van der Waals surface area contributed by atoms with Crippen LogP contribution in [-0.4, -0.2) is 22.1 Å². The molecule has 0 aliphatic carbocycles. The van der Waals surface area contributed by atoms with Crippen molar-refractivity contribution >= 4 is 39.2 Å². The zero-order chi connectivity index (χ0) is 22.6. The molecule has 3 aromatic rings. The summed E-state index contributed by atoms with van der Waals surface area (Å²) in [5, 5.41) is 10.3. The highest BCUT2D eigenvalue weighted by Gasteiger charge is 2.32. The highest BCUT2D eigenvalue weighted by Crippen LogP contribution is 2.30. The molecule has 3 rings (SSSR count). The van der Waals surface area contributed by atoms with Gasteiger partial charge in [0.05, 0.1) is 10.2 Å². The molecular formula is C22H23BrFN5O2. The number of amidine groups is 1. The Bertz CT molecular complexity index is 1090. The number of nitrogens with one attached hydrogen (secondary N) is 1. The van der Waals surface area contributed by atoms with Crippen LogP contribution in [0.25, 0.3) is 0 Å². The normalized spacial score (nSPS) is 13.1. The summed E-state index contributed by atoms with van der Waals surface area (Å²) in [6.07, 6.45) is 0.559. The molecule has 0 saturated carbocycles. The lowest BCUT2D eigenvalue weighted by atomic mass is 9.76. The van der Waals surface area contributed by atoms with Crippen molar-refractivity contribution in [1.29, 1.82) is 0 Å². The molecule has 0 saturated heterocycles. The molecule has 0 aliphatic rings. The van der Waals surface area contributed by atoms with E-state index in [0.29, 0.717) is 12.1 Å². The maximum atomic E-state index is 13.4. The minimum atomic E-state index is -0.416. The quantitative estimate of drug-likeness (QED) is 0.381. The molecule has 1 atom stereocenters. The second kappa shape index (κ2) is 9.38. The van der Waals surface area contributed by atoms with E-state index in [1.807, 2.05) is 51.1 Å². The SMILES string of the molecule is CC(C)(C)C(Cc1ccccc1)C(=O)Nc1nonc1C(N)=Nc1ccc(F)c(Br)c1. The number of anilines is 1. The number of aliphatic imine (C=N–C) groups is 1. The van der Waals surface area contributed by atoms with Gasteiger partial charge in [0.2, 0.25) is 11.7 Å². The van der Waals surface area contributed by atoms with Crippen LogP contribution < -0.4 is 11.1 Å². The molecule has 9 heteroatoms. The van der Waals surface area contributed by atoms with Crippen LogP contribution in [0.5, 0.6) is 0 Å². The third kappa shape index (κ3) is 5.75. The molecule has 0 bridgehead atoms. The Hall–Kier alpha value is -3.07. The Kier molecular flexibility index (Phi) is 6.84. The van der Waals surface area contributed by atoms with Crippen LogP contribution >= 0.6 is 15.9 Å². The van der Waals surface area contributed by atoms with Gasteiger partial charge < -0.3 is 11.1 Å². The smallest absolute Gasteiger partial charge is 0.229 e. The van der Waals surface area contributed by atoms with Gasteiger partial charge in [0, 0.05) is 5.92 Å². The lowest BCUT2D eigenvalue weighted by Gasteiger charge is -2.29. The van der Waals surface area contributed by atoms with Crippen molar-refractivity contribution in [2.75, 3.05) is 5.32 Å². The lowest BCUT2D eigenvalue weighted by molar-refractivity contribution is -0.123. The molecule has 7 nitrogen and oxygen atoms in total. The minimum absolute atomic E-state index is 0.0228. The summed E-state index contributed by atoms with van der Waals surface area (Å²) in [6, 6.07) is 14.0. The number of nitrogens with zero attached hydrogens (tertiary/aromatic N) is 3. The van der Waals surface area contributed by atoms with E-state index in [9.17, 15) is 9.18 Å². The Morgan fingerprint density at radius 1 is 1.23 bits per heavy atom. The number of amides is 1. The molecule has 31 heavy (non-hydrogen) atoms. The van der Waals surface area contributed by atoms with E-state index in [4.69, 9.17) is 10.4 Å². The third-order valence-corrected chi connectivity index (χ3v) is 5.38. The summed E-state index contributed by atoms with van der Waals surface area (Å²) in [6.45, 7) is 6.01. The molecule has 0 radical (unpaired) electrons. The zero-order valence-electron chi connectivity index (χ0n) is 17.4. The first-order chi connectivity index (χ1) is 14.6. The van der Waals surface area contributed by atoms with Crippen LogP contribution in [0.3, 0.4) is 0 Å². The van der Waals surface area contributed by atoms with E-state index in [0.717, 1.165) is 5.56 Å². The molecule has 1 aromatic heterocycles. The summed E-state index contributed by atoms with van der Waals surface area (Å²) in [5.41, 5.74) is 7.30. The predicted molar refractivity (Wildman–Crippen MR) is 121 cm³/mol. The fourth-order valence-electron chi connectivity index (χ4n) is 3.03. The number of carbonyl (C=O) groups excluding carboxylic acids is 1. The van der Waals surface area contributed by atoms with E-state index in [1.54, 1.807) is 0 Å². The summed E-state index contributed by atoms with van der Waals surface area (Å²) < 4.78 is 18.5. The maximum absolute atomic E-state index is 13.4. The Labute approximate surface area is 188 Å². The first-order valence-electron chi connectivity index (χ1n) is 9.62. The van der Waals surface area contributed by atoms with Crippen molar-refractivity contribution in [3.05, 3.63) is 70.1 Å². The minimum Gasteiger partial charge on any atom is -0.382 e. The Morgan fingerprint density at radius 3 is 2.58 bits per heavy atom. The van der Waals surface area contributed by atoms with Crippen LogP contribution in [-0.2, 0) is 11.2 Å². The van der Waals surface area contributed by atoms with Gasteiger partial charge in [0.15, 0.2) is 11.5 Å². The van der Waals surface area contributed by atoms with Crippen molar-refractivity contribution < 1.29 is 13.8 Å². The average molecular weight is 488 g/mol. The van der Waals surface area contributed by atoms with Gasteiger partial charge in [-0.3, -0.25) is 4.79 Å². The summed E-state index contributed by atoms with van der Waals surface area (Å²) in [7, 11) is 0. The van der Waals surface area contributed by atoms with Gasteiger partial charge in [0.1, 0.15) is 5.82 Å². The molecule has 162 valence electrons. The van der Waals surface area contributed by atoms with Crippen LogP contribution in [0.4, 0.5) is 15.9 Å². The first kappa shape index (κ1) is 22.6. The van der Waals surface area contributed by atoms with Crippen molar-refractivity contribution in [2.24, 2.45) is 22.1 Å². The molecule has 0 fully saturated rings. The average Bonchev–Trinajstić information content (AvgIpc) is 3.17. The number of halogens is 2. The van der Waals surface area contributed by atoms with Crippen LogP contribution in [0.1, 0.15) is 32.0 Å².